The van der Waals surface area contributed by atoms with Gasteiger partial charge >= 0.3 is 0 Å². The van der Waals surface area contributed by atoms with Gasteiger partial charge in [-0.1, -0.05) is 18.3 Å². The molecule has 1 amide bonds. The van der Waals surface area contributed by atoms with Gasteiger partial charge in [-0.2, -0.15) is 10.1 Å². The Labute approximate surface area is 202 Å². The molecular formula is C21H22BrN9OS. The van der Waals surface area contributed by atoms with Crippen molar-refractivity contribution in [1.29, 1.82) is 0 Å². The predicted molar refractivity (Wildman–Crippen MR) is 129 cm³/mol. The van der Waals surface area contributed by atoms with Gasteiger partial charge in [0.25, 0.3) is 0 Å². The Balaban J connectivity index is 1.42. The van der Waals surface area contributed by atoms with E-state index in [9.17, 15) is 4.79 Å². The van der Waals surface area contributed by atoms with Crippen LogP contribution in [-0.4, -0.2) is 53.9 Å². The van der Waals surface area contributed by atoms with Crippen molar-refractivity contribution in [2.45, 2.75) is 39.2 Å². The molecule has 0 spiro atoms. The van der Waals surface area contributed by atoms with Crippen LogP contribution in [0.2, 0.25) is 0 Å². The molecule has 4 aromatic rings. The molecule has 170 valence electrons. The van der Waals surface area contributed by atoms with Crippen LogP contribution in [0.1, 0.15) is 31.2 Å². The number of aryl methyl sites for hydroxylation is 1. The van der Waals surface area contributed by atoms with Crippen LogP contribution >= 0.6 is 27.3 Å². The van der Waals surface area contributed by atoms with E-state index in [-0.39, 0.29) is 17.4 Å². The lowest BCUT2D eigenvalue weighted by Crippen LogP contribution is -2.35. The maximum atomic E-state index is 12.2. The van der Waals surface area contributed by atoms with E-state index < -0.39 is 0 Å². The summed E-state index contributed by atoms with van der Waals surface area (Å²) in [6.45, 7) is 3.92. The van der Waals surface area contributed by atoms with Crippen molar-refractivity contribution in [3.8, 4) is 16.4 Å². The van der Waals surface area contributed by atoms with Crippen molar-refractivity contribution >= 4 is 50.2 Å². The van der Waals surface area contributed by atoms with Crippen molar-refractivity contribution < 1.29 is 4.79 Å². The Bertz CT molecular complexity index is 1340. The van der Waals surface area contributed by atoms with E-state index in [4.69, 9.17) is 4.98 Å². The first-order valence-electron chi connectivity index (χ1n) is 10.5. The summed E-state index contributed by atoms with van der Waals surface area (Å²) >= 11 is 5.01. The zero-order valence-corrected chi connectivity index (χ0v) is 20.7. The number of halogens is 1. The van der Waals surface area contributed by atoms with Gasteiger partial charge in [0.2, 0.25) is 11.9 Å². The summed E-state index contributed by atoms with van der Waals surface area (Å²) in [5.74, 6) is 0.584. The predicted octanol–water partition coefficient (Wildman–Crippen LogP) is 3.52. The summed E-state index contributed by atoms with van der Waals surface area (Å²) in [4.78, 5) is 26.0. The van der Waals surface area contributed by atoms with E-state index in [1.165, 1.54) is 11.3 Å². The van der Waals surface area contributed by atoms with Gasteiger partial charge in [-0.05, 0) is 54.2 Å². The molecular weight excluding hydrogens is 506 g/mol. The molecule has 4 heterocycles. The maximum absolute atomic E-state index is 12.2. The number of aromatic nitrogens is 7. The fraction of sp³-hybridized carbons (Fsp3) is 0.381. The van der Waals surface area contributed by atoms with Crippen LogP contribution in [-0.2, 0) is 4.79 Å². The van der Waals surface area contributed by atoms with E-state index in [0.717, 1.165) is 46.0 Å². The number of pyridine rings is 1. The fourth-order valence-electron chi connectivity index (χ4n) is 4.21. The van der Waals surface area contributed by atoms with Crippen LogP contribution in [0, 0.1) is 12.3 Å². The van der Waals surface area contributed by atoms with Crippen molar-refractivity contribution in [1.82, 2.24) is 40.2 Å². The Kier molecular flexibility index (Phi) is 5.57. The third-order valence-corrected chi connectivity index (χ3v) is 7.41. The number of carbonyl (C=O) groups is 1. The van der Waals surface area contributed by atoms with Gasteiger partial charge in [0, 0.05) is 24.7 Å². The number of nitrogens with one attached hydrogen (secondary N) is 2. The molecule has 0 saturated heterocycles. The van der Waals surface area contributed by atoms with Crippen LogP contribution in [0.5, 0.6) is 0 Å². The topological polar surface area (TPSA) is 123 Å². The van der Waals surface area contributed by atoms with E-state index in [1.807, 2.05) is 26.0 Å². The van der Waals surface area contributed by atoms with Crippen LogP contribution in [0.25, 0.3) is 27.4 Å². The first kappa shape index (κ1) is 21.8. The molecule has 5 rings (SSSR count). The second-order valence-corrected chi connectivity index (χ2v) is 10.3. The average Bonchev–Trinajstić information content (AvgIpc) is 3.51. The van der Waals surface area contributed by atoms with E-state index in [1.54, 1.807) is 24.1 Å². The summed E-state index contributed by atoms with van der Waals surface area (Å²) in [6, 6.07) is 3.95. The number of hydrogen-bond donors (Lipinski definition) is 2. The summed E-state index contributed by atoms with van der Waals surface area (Å²) in [6.07, 6.45) is 5.92. The molecule has 0 bridgehead atoms. The largest absolute Gasteiger partial charge is 0.359 e. The molecule has 1 fully saturated rings. The van der Waals surface area contributed by atoms with Crippen molar-refractivity contribution in [3.05, 3.63) is 34.1 Å². The Hall–Kier alpha value is -2.99. The number of carbonyl (C=O) groups excluding carboxylic acids is 1. The van der Waals surface area contributed by atoms with Gasteiger partial charge in [-0.25, -0.2) is 9.67 Å². The van der Waals surface area contributed by atoms with Gasteiger partial charge in [0.1, 0.15) is 15.3 Å². The number of fused-ring (bicyclic) bond motifs is 1. The maximum Gasteiger partial charge on any atom is 0.225 e. The molecule has 10 nitrogen and oxygen atoms in total. The van der Waals surface area contributed by atoms with Crippen LogP contribution in [0.3, 0.4) is 0 Å². The minimum absolute atomic E-state index is 0.0739. The van der Waals surface area contributed by atoms with Crippen LogP contribution in [0.4, 0.5) is 5.95 Å². The molecule has 4 aromatic heterocycles. The Morgan fingerprint density at radius 3 is 2.82 bits per heavy atom. The number of nitrogens with zero attached hydrogens (tertiary/aromatic N) is 7. The fourth-order valence-corrected chi connectivity index (χ4v) is 5.32. The third kappa shape index (κ3) is 4.08. The van der Waals surface area contributed by atoms with Crippen molar-refractivity contribution in [3.63, 3.8) is 0 Å². The molecule has 1 aliphatic carbocycles. The summed E-state index contributed by atoms with van der Waals surface area (Å²) in [7, 11) is 1.68. The summed E-state index contributed by atoms with van der Waals surface area (Å²) in [5, 5.41) is 21.4. The molecule has 0 unspecified atom stereocenters. The standard InChI is InChI=1S/C21H22BrN9OS/c1-11-28-29-18(33-11)15-5-4-13(9-24-15)31-17-14(16(22)30-31)10-25-20(27-17)26-12-6-7-21(2,8-12)19(32)23-3/h4-5,9-10,12H,6-8H2,1-3H3,(H,23,32)(H,25,26,27)/t12-,21-/m1/s1. The molecule has 12 heteroatoms. The van der Waals surface area contributed by atoms with Gasteiger partial charge in [0.05, 0.1) is 17.3 Å². The summed E-state index contributed by atoms with van der Waals surface area (Å²) < 4.78 is 2.39. The minimum atomic E-state index is -0.375. The number of hydrogen-bond acceptors (Lipinski definition) is 9. The number of anilines is 1. The molecule has 1 saturated carbocycles. The van der Waals surface area contributed by atoms with Crippen molar-refractivity contribution in [2.75, 3.05) is 12.4 Å². The van der Waals surface area contributed by atoms with Crippen LogP contribution in [0.15, 0.2) is 29.1 Å². The molecule has 2 atom stereocenters. The van der Waals surface area contributed by atoms with Crippen molar-refractivity contribution in [2.24, 2.45) is 5.41 Å². The molecule has 33 heavy (non-hydrogen) atoms. The quantitative estimate of drug-likeness (QED) is 0.404. The zero-order valence-electron chi connectivity index (χ0n) is 18.3. The highest BCUT2D eigenvalue weighted by Crippen LogP contribution is 2.39. The van der Waals surface area contributed by atoms with Crippen LogP contribution < -0.4 is 10.6 Å². The molecule has 2 N–H and O–H groups in total. The van der Waals surface area contributed by atoms with E-state index in [0.29, 0.717) is 16.2 Å². The average molecular weight is 528 g/mol. The van der Waals surface area contributed by atoms with Gasteiger partial charge in [-0.3, -0.25) is 9.78 Å². The SMILES string of the molecule is CNC(=O)[C@]1(C)CC[C@@H](Nc2ncc3c(Br)nn(-c4ccc(-c5nnc(C)s5)nc4)c3n2)C1. The molecule has 0 aliphatic heterocycles. The Morgan fingerprint density at radius 1 is 1.27 bits per heavy atom. The second kappa shape index (κ2) is 8.41. The Morgan fingerprint density at radius 2 is 2.12 bits per heavy atom. The monoisotopic (exact) mass is 527 g/mol. The zero-order chi connectivity index (χ0) is 23.2. The highest BCUT2D eigenvalue weighted by Gasteiger charge is 2.40. The lowest BCUT2D eigenvalue weighted by Gasteiger charge is -2.22. The first-order chi connectivity index (χ1) is 15.9. The highest BCUT2D eigenvalue weighted by molar-refractivity contribution is 9.10. The van der Waals surface area contributed by atoms with Gasteiger partial charge < -0.3 is 10.6 Å². The number of rotatable bonds is 5. The first-order valence-corrected chi connectivity index (χ1v) is 12.1. The lowest BCUT2D eigenvalue weighted by atomic mass is 9.87. The van der Waals surface area contributed by atoms with E-state index in [2.05, 4.69) is 51.8 Å². The molecule has 0 aromatic carbocycles. The van der Waals surface area contributed by atoms with Gasteiger partial charge in [-0.15, -0.1) is 10.2 Å². The smallest absolute Gasteiger partial charge is 0.225 e. The molecule has 1 aliphatic rings. The summed E-state index contributed by atoms with van der Waals surface area (Å²) in [5.41, 5.74) is 1.82. The lowest BCUT2D eigenvalue weighted by molar-refractivity contribution is -0.129. The third-order valence-electron chi connectivity index (χ3n) is 5.97. The molecule has 0 radical (unpaired) electrons. The highest BCUT2D eigenvalue weighted by atomic mass is 79.9. The minimum Gasteiger partial charge on any atom is -0.359 e. The van der Waals surface area contributed by atoms with Gasteiger partial charge in [0.15, 0.2) is 10.7 Å². The normalized spacial score (nSPS) is 20.3. The number of amides is 1. The second-order valence-electron chi connectivity index (χ2n) is 8.39. The van der Waals surface area contributed by atoms with E-state index >= 15 is 0 Å².